The monoisotopic (exact) mass is 457 g/mol. The zero-order chi connectivity index (χ0) is 23.4. The molecule has 3 aromatic rings. The Labute approximate surface area is 183 Å². The smallest absolute Gasteiger partial charge is 0.339 e. The summed E-state index contributed by atoms with van der Waals surface area (Å²) >= 11 is 1.08. The first-order valence-electron chi connectivity index (χ1n) is 8.92. The first kappa shape index (κ1) is 22.3. The molecule has 1 amide bonds. The van der Waals surface area contributed by atoms with Gasteiger partial charge < -0.3 is 10.5 Å². The number of ether oxygens (including phenoxy) is 1. The summed E-state index contributed by atoms with van der Waals surface area (Å²) in [6.45, 7) is 1.33. The third-order valence-corrected chi connectivity index (χ3v) is 4.96. The number of benzene rings is 2. The van der Waals surface area contributed by atoms with Crippen LogP contribution in [0.1, 0.15) is 17.3 Å². The van der Waals surface area contributed by atoms with E-state index in [1.807, 2.05) is 0 Å². The van der Waals surface area contributed by atoms with Gasteiger partial charge >= 0.3 is 5.97 Å². The number of hydrogen-bond donors (Lipinski definition) is 2. The second kappa shape index (κ2) is 9.18. The lowest BCUT2D eigenvalue weighted by molar-refractivity contribution is -0.384. The number of nitro groups is 2. The average molecular weight is 457 g/mol. The van der Waals surface area contributed by atoms with Crippen LogP contribution < -0.4 is 11.1 Å². The molecule has 12 nitrogen and oxygen atoms in total. The molecule has 0 spiro atoms. The van der Waals surface area contributed by atoms with Crippen molar-refractivity contribution in [3.63, 3.8) is 0 Å². The van der Waals surface area contributed by atoms with Crippen LogP contribution in [0.25, 0.3) is 11.3 Å². The second-order valence-electron chi connectivity index (χ2n) is 6.41. The van der Waals surface area contributed by atoms with E-state index in [4.69, 9.17) is 10.5 Å². The second-order valence-corrected chi connectivity index (χ2v) is 7.27. The van der Waals surface area contributed by atoms with Crippen LogP contribution >= 0.6 is 11.3 Å². The van der Waals surface area contributed by atoms with Crippen LogP contribution in [0.3, 0.4) is 0 Å². The number of non-ortho nitro benzene ring substituents is 1. The van der Waals surface area contributed by atoms with Gasteiger partial charge in [0.1, 0.15) is 5.69 Å². The molecule has 0 bridgehead atoms. The zero-order valence-corrected chi connectivity index (χ0v) is 17.2. The van der Waals surface area contributed by atoms with Gasteiger partial charge in [-0.3, -0.25) is 30.3 Å². The largest absolute Gasteiger partial charge is 0.449 e. The Balaban J connectivity index is 1.66. The molecular formula is C19H15N5O7S. The summed E-state index contributed by atoms with van der Waals surface area (Å²) in [7, 11) is 0. The van der Waals surface area contributed by atoms with Gasteiger partial charge in [0, 0.05) is 29.1 Å². The van der Waals surface area contributed by atoms with Crippen LogP contribution in [0.5, 0.6) is 0 Å². The number of carbonyl (C=O) groups excluding carboxylic acids is 2. The predicted molar refractivity (Wildman–Crippen MR) is 115 cm³/mol. The Morgan fingerprint density at radius 2 is 1.91 bits per heavy atom. The Kier molecular flexibility index (Phi) is 6.39. The SMILES string of the molecule is CC(OC(=O)c1ccc(N)c([N+](=O)[O-])c1)C(=O)Nc1nc(-c2cccc([N+](=O)[O-])c2)cs1. The lowest BCUT2D eigenvalue weighted by Crippen LogP contribution is -2.30. The maximum atomic E-state index is 12.4. The van der Waals surface area contributed by atoms with E-state index < -0.39 is 33.5 Å². The van der Waals surface area contributed by atoms with E-state index in [0.29, 0.717) is 11.3 Å². The Morgan fingerprint density at radius 3 is 2.59 bits per heavy atom. The standard InChI is InChI=1S/C19H15N5O7S/c1-10(31-18(26)12-5-6-14(20)16(8-12)24(29)30)17(25)22-19-21-15(9-32-19)11-3-2-4-13(7-11)23(27)28/h2-10H,20H2,1H3,(H,21,22,25). The topological polar surface area (TPSA) is 181 Å². The van der Waals surface area contributed by atoms with Gasteiger partial charge in [0.15, 0.2) is 11.2 Å². The van der Waals surface area contributed by atoms with Gasteiger partial charge in [-0.1, -0.05) is 12.1 Å². The van der Waals surface area contributed by atoms with Gasteiger partial charge in [0.2, 0.25) is 0 Å². The highest BCUT2D eigenvalue weighted by Gasteiger charge is 2.22. The van der Waals surface area contributed by atoms with Crippen LogP contribution in [-0.4, -0.2) is 32.8 Å². The minimum Gasteiger partial charge on any atom is -0.449 e. The molecule has 0 fully saturated rings. The molecule has 0 radical (unpaired) electrons. The summed E-state index contributed by atoms with van der Waals surface area (Å²) in [6.07, 6.45) is -1.23. The summed E-state index contributed by atoms with van der Waals surface area (Å²) in [4.78, 5) is 49.4. The van der Waals surface area contributed by atoms with Gasteiger partial charge in [0.05, 0.1) is 21.1 Å². The van der Waals surface area contributed by atoms with Crippen molar-refractivity contribution >= 4 is 45.4 Å². The van der Waals surface area contributed by atoms with Crippen LogP contribution in [0.2, 0.25) is 0 Å². The maximum absolute atomic E-state index is 12.4. The molecule has 0 aliphatic rings. The molecule has 13 heteroatoms. The molecule has 1 unspecified atom stereocenters. The van der Waals surface area contributed by atoms with Crippen molar-refractivity contribution in [2.75, 3.05) is 11.1 Å². The van der Waals surface area contributed by atoms with Crippen LogP contribution in [-0.2, 0) is 9.53 Å². The highest BCUT2D eigenvalue weighted by Crippen LogP contribution is 2.28. The van der Waals surface area contributed by atoms with E-state index >= 15 is 0 Å². The van der Waals surface area contributed by atoms with Crippen molar-refractivity contribution in [1.29, 1.82) is 0 Å². The van der Waals surface area contributed by atoms with Crippen LogP contribution in [0, 0.1) is 20.2 Å². The third-order valence-electron chi connectivity index (χ3n) is 4.20. The molecule has 0 aliphatic heterocycles. The number of nitro benzene ring substituents is 2. The van der Waals surface area contributed by atoms with Crippen molar-refractivity contribution in [3.8, 4) is 11.3 Å². The zero-order valence-electron chi connectivity index (χ0n) is 16.4. The molecule has 0 saturated heterocycles. The van der Waals surface area contributed by atoms with Crippen LogP contribution in [0.4, 0.5) is 22.2 Å². The summed E-state index contributed by atoms with van der Waals surface area (Å²) < 4.78 is 5.07. The third kappa shape index (κ3) is 5.02. The van der Waals surface area contributed by atoms with E-state index in [9.17, 15) is 29.8 Å². The van der Waals surface area contributed by atoms with E-state index in [-0.39, 0.29) is 22.1 Å². The summed E-state index contributed by atoms with van der Waals surface area (Å²) in [5.74, 6) is -1.62. The molecule has 3 N–H and O–H groups in total. The lowest BCUT2D eigenvalue weighted by atomic mass is 10.1. The van der Waals surface area contributed by atoms with Crippen molar-refractivity contribution in [1.82, 2.24) is 4.98 Å². The van der Waals surface area contributed by atoms with E-state index in [1.54, 1.807) is 11.4 Å². The number of nitrogens with one attached hydrogen (secondary N) is 1. The van der Waals surface area contributed by atoms with E-state index in [2.05, 4.69) is 10.3 Å². The number of esters is 1. The van der Waals surface area contributed by atoms with Crippen molar-refractivity contribution in [3.05, 3.63) is 73.6 Å². The van der Waals surface area contributed by atoms with Gasteiger partial charge in [-0.25, -0.2) is 9.78 Å². The highest BCUT2D eigenvalue weighted by molar-refractivity contribution is 7.14. The summed E-state index contributed by atoms with van der Waals surface area (Å²) in [5, 5.41) is 26.2. The van der Waals surface area contributed by atoms with Gasteiger partial charge in [-0.15, -0.1) is 11.3 Å². The molecule has 32 heavy (non-hydrogen) atoms. The molecule has 1 atom stereocenters. The molecule has 0 aliphatic carbocycles. The Bertz CT molecular complexity index is 1230. The quantitative estimate of drug-likeness (QED) is 0.232. The highest BCUT2D eigenvalue weighted by atomic mass is 32.1. The normalized spacial score (nSPS) is 11.4. The number of nitrogens with two attached hydrogens (primary N) is 1. The number of anilines is 2. The van der Waals surface area contributed by atoms with Gasteiger partial charge in [-0.05, 0) is 19.1 Å². The van der Waals surface area contributed by atoms with Crippen molar-refractivity contribution in [2.45, 2.75) is 13.0 Å². The molecule has 164 valence electrons. The number of nitrogen functional groups attached to an aromatic ring is 1. The molecule has 2 aromatic carbocycles. The predicted octanol–water partition coefficient (Wildman–Crippen LogP) is 3.39. The van der Waals surface area contributed by atoms with Crippen molar-refractivity contribution in [2.24, 2.45) is 0 Å². The number of thiazole rings is 1. The minimum absolute atomic E-state index is 0.0930. The van der Waals surface area contributed by atoms with E-state index in [0.717, 1.165) is 17.4 Å². The number of rotatable bonds is 7. The Hall–Kier alpha value is -4.39. The minimum atomic E-state index is -1.23. The number of carbonyl (C=O) groups is 2. The van der Waals surface area contributed by atoms with Crippen LogP contribution in [0.15, 0.2) is 47.8 Å². The fourth-order valence-corrected chi connectivity index (χ4v) is 3.28. The molecule has 1 heterocycles. The van der Waals surface area contributed by atoms with Gasteiger partial charge in [0.25, 0.3) is 17.3 Å². The van der Waals surface area contributed by atoms with Crippen molar-refractivity contribution < 1.29 is 24.2 Å². The first-order chi connectivity index (χ1) is 15.2. The maximum Gasteiger partial charge on any atom is 0.339 e. The molecule has 1 aromatic heterocycles. The summed E-state index contributed by atoms with van der Waals surface area (Å²) in [6, 6.07) is 9.29. The summed E-state index contributed by atoms with van der Waals surface area (Å²) in [5.41, 5.74) is 5.63. The Morgan fingerprint density at radius 1 is 1.16 bits per heavy atom. The number of amides is 1. The number of aromatic nitrogens is 1. The fourth-order valence-electron chi connectivity index (χ4n) is 2.56. The lowest BCUT2D eigenvalue weighted by Gasteiger charge is -2.12. The first-order valence-corrected chi connectivity index (χ1v) is 9.80. The molecule has 0 saturated carbocycles. The van der Waals surface area contributed by atoms with Gasteiger partial charge in [-0.2, -0.15) is 0 Å². The average Bonchev–Trinajstić information content (AvgIpc) is 3.22. The molecule has 3 rings (SSSR count). The van der Waals surface area contributed by atoms with E-state index in [1.165, 1.54) is 37.3 Å². The number of nitrogens with zero attached hydrogens (tertiary/aromatic N) is 3. The number of hydrogen-bond acceptors (Lipinski definition) is 10. The molecular weight excluding hydrogens is 442 g/mol. The fraction of sp³-hybridized carbons (Fsp3) is 0.105.